The van der Waals surface area contributed by atoms with Crippen LogP contribution in [0.3, 0.4) is 0 Å². The molecule has 34 nitrogen and oxygen atoms in total. The van der Waals surface area contributed by atoms with Gasteiger partial charge in [-0.05, 0) is 157 Å². The fraction of sp³-hybridized carbons (Fsp3) is 0.625. The maximum atomic E-state index is 15.2. The third kappa shape index (κ3) is 28.0. The summed E-state index contributed by atoms with van der Waals surface area (Å²) >= 11 is 1.39. The smallest absolute Gasteiger partial charge is 0.490 e. The number of carbonyl (C=O) groups excluding carboxylic acids is 11. The van der Waals surface area contributed by atoms with Crippen molar-refractivity contribution in [2.24, 2.45) is 23.1 Å². The van der Waals surface area contributed by atoms with Crippen molar-refractivity contribution in [1.82, 2.24) is 56.8 Å². The molecule has 0 bridgehead atoms. The molecular formula is C72H105F3N14O20S. The number of benzene rings is 2. The van der Waals surface area contributed by atoms with Crippen molar-refractivity contribution in [2.45, 2.75) is 227 Å². The molecule has 4 aliphatic heterocycles. The first kappa shape index (κ1) is 90.9. The number of thioether (sulfide) groups is 1. The fourth-order valence-electron chi connectivity index (χ4n) is 13.5. The lowest BCUT2D eigenvalue weighted by Gasteiger charge is -2.33. The van der Waals surface area contributed by atoms with E-state index in [-0.39, 0.29) is 109 Å². The molecule has 18 N–H and O–H groups in total. The number of nitrogens with two attached hydrogens (primary N) is 3. The van der Waals surface area contributed by atoms with Crippen molar-refractivity contribution in [2.75, 3.05) is 51.3 Å². The molecule has 2 aromatic rings. The molecule has 2 aromatic carbocycles. The van der Waals surface area contributed by atoms with Gasteiger partial charge in [-0.15, -0.1) is 0 Å². The number of halogens is 3. The number of hydrogen-bond acceptors (Lipinski definition) is 20. The minimum absolute atomic E-state index is 0.0154. The molecule has 4 heterocycles. The van der Waals surface area contributed by atoms with E-state index in [2.05, 4.69) is 37.2 Å². The fourth-order valence-corrected chi connectivity index (χ4v) is 13.9. The molecule has 11 amide bonds. The Kier molecular flexibility index (Phi) is 37.1. The Labute approximate surface area is 638 Å². The van der Waals surface area contributed by atoms with Crippen LogP contribution in [0.1, 0.15) is 147 Å². The SMILES string of the molecule is CSCC[C@H](NC(=O)[C@H](CCC(=O)O)NC(=O)[C@@H](N)CCCCN)C(=O)N1CCC[C@H]1C(=O)N[C@@H](Cc1ccccc1)C(=O)N1CCC[C@H]1C(=O)N[C@@H](CCCCN)C(=O)N[C@@H](Cc1ccc(O)cc1)C(=O)N1CCC[C@H]1C(=O)N[C@H](C(=O)N[C@@H](CCC(=O)O)C(=O)N1CCC[C@H]1C(=O)O)C(C)C.O=C(O)C(F)(F)F. The van der Waals surface area contributed by atoms with Gasteiger partial charge in [0.15, 0.2) is 0 Å². The largest absolute Gasteiger partial charge is 0.508 e. The van der Waals surface area contributed by atoms with Crippen molar-refractivity contribution in [1.29, 1.82) is 0 Å². The van der Waals surface area contributed by atoms with E-state index in [1.54, 1.807) is 50.4 Å². The molecule has 0 radical (unpaired) electrons. The normalized spacial score (nSPS) is 19.0. The van der Waals surface area contributed by atoms with E-state index in [4.69, 9.17) is 27.1 Å². The first-order valence-corrected chi connectivity index (χ1v) is 38.3. The zero-order valence-electron chi connectivity index (χ0n) is 61.9. The Hall–Kier alpha value is -9.69. The molecule has 0 aromatic heterocycles. The zero-order valence-corrected chi connectivity index (χ0v) is 62.7. The number of phenolic OH excluding ortho intramolecular Hbond substituents is 1. The topological polar surface area (TPSA) is 532 Å². The van der Waals surface area contributed by atoms with Gasteiger partial charge in [0.2, 0.25) is 65.0 Å². The number of unbranched alkanes of at least 4 members (excludes halogenated alkanes) is 2. The summed E-state index contributed by atoms with van der Waals surface area (Å²) in [5.74, 6) is -15.0. The van der Waals surface area contributed by atoms with Gasteiger partial charge in [0.1, 0.15) is 72.2 Å². The zero-order chi connectivity index (χ0) is 81.5. The van der Waals surface area contributed by atoms with Crippen molar-refractivity contribution in [3.05, 3.63) is 65.7 Å². The van der Waals surface area contributed by atoms with Crippen LogP contribution in [0.2, 0.25) is 0 Å². The van der Waals surface area contributed by atoms with Crippen molar-refractivity contribution < 1.29 is 111 Å². The van der Waals surface area contributed by atoms with Gasteiger partial charge in [0.05, 0.1) is 6.04 Å². The lowest BCUT2D eigenvalue weighted by molar-refractivity contribution is -0.192. The highest BCUT2D eigenvalue weighted by atomic mass is 32.2. The van der Waals surface area contributed by atoms with E-state index in [0.717, 1.165) is 4.90 Å². The molecule has 0 unspecified atom stereocenters. The van der Waals surface area contributed by atoms with Gasteiger partial charge >= 0.3 is 30.1 Å². The van der Waals surface area contributed by atoms with Crippen LogP contribution >= 0.6 is 11.8 Å². The van der Waals surface area contributed by atoms with Crippen LogP contribution in [0, 0.1) is 5.92 Å². The second kappa shape index (κ2) is 44.8. The van der Waals surface area contributed by atoms with Crippen molar-refractivity contribution in [3.63, 3.8) is 0 Å². The van der Waals surface area contributed by atoms with E-state index >= 15 is 9.59 Å². The molecule has 110 heavy (non-hydrogen) atoms. The average molecular weight is 1580 g/mol. The van der Waals surface area contributed by atoms with Gasteiger partial charge in [-0.1, -0.05) is 62.7 Å². The lowest BCUT2D eigenvalue weighted by atomic mass is 10.0. The highest BCUT2D eigenvalue weighted by Crippen LogP contribution is 2.27. The number of alkyl halides is 3. The van der Waals surface area contributed by atoms with Crippen LogP contribution in [-0.2, 0) is 84.8 Å². The number of nitrogens with zero attached hydrogens (tertiary/aromatic N) is 4. The molecular weight excluding hydrogens is 1470 g/mol. The summed E-state index contributed by atoms with van der Waals surface area (Å²) in [4.78, 5) is 208. The van der Waals surface area contributed by atoms with E-state index in [1.807, 2.05) is 0 Å². The monoisotopic (exact) mass is 1570 g/mol. The Bertz CT molecular complexity index is 3510. The van der Waals surface area contributed by atoms with Crippen molar-refractivity contribution in [3.8, 4) is 5.75 Å². The number of amides is 11. The third-order valence-electron chi connectivity index (χ3n) is 19.4. The third-order valence-corrected chi connectivity index (χ3v) is 20.0. The number of carbonyl (C=O) groups is 15. The summed E-state index contributed by atoms with van der Waals surface area (Å²) in [5, 5.41) is 65.3. The Balaban J connectivity index is 0.00000294. The number of carboxylic acids is 4. The maximum Gasteiger partial charge on any atom is 0.490 e. The van der Waals surface area contributed by atoms with Crippen LogP contribution in [0.4, 0.5) is 13.2 Å². The predicted octanol–water partition coefficient (Wildman–Crippen LogP) is -0.0231. The van der Waals surface area contributed by atoms with E-state index in [9.17, 15) is 91.1 Å². The van der Waals surface area contributed by atoms with Gasteiger partial charge in [-0.2, -0.15) is 24.9 Å². The molecule has 4 aliphatic rings. The van der Waals surface area contributed by atoms with E-state index < -0.39 is 186 Å². The first-order chi connectivity index (χ1) is 52.1. The molecule has 0 aliphatic carbocycles. The lowest BCUT2D eigenvalue weighted by Crippen LogP contribution is -2.61. The van der Waals surface area contributed by atoms with Crippen LogP contribution < -0.4 is 54.4 Å². The first-order valence-electron chi connectivity index (χ1n) is 36.9. The molecule has 0 saturated carbocycles. The van der Waals surface area contributed by atoms with E-state index in [0.29, 0.717) is 74.8 Å². The van der Waals surface area contributed by atoms with Crippen LogP contribution in [-0.4, -0.2) is 264 Å². The molecule has 610 valence electrons. The number of rotatable bonds is 41. The highest BCUT2D eigenvalue weighted by Gasteiger charge is 2.46. The summed E-state index contributed by atoms with van der Waals surface area (Å²) < 4.78 is 31.7. The molecule has 38 heteroatoms. The van der Waals surface area contributed by atoms with Crippen LogP contribution in [0.5, 0.6) is 5.75 Å². The molecule has 6 rings (SSSR count). The average Bonchev–Trinajstić information content (AvgIpc) is 1.62. The van der Waals surface area contributed by atoms with Gasteiger partial charge in [-0.25, -0.2) is 9.59 Å². The summed E-state index contributed by atoms with van der Waals surface area (Å²) in [6.45, 7) is 4.10. The second-order valence-electron chi connectivity index (χ2n) is 27.9. The van der Waals surface area contributed by atoms with Gasteiger partial charge in [0, 0.05) is 51.9 Å². The van der Waals surface area contributed by atoms with Crippen molar-refractivity contribution >= 4 is 101 Å². The number of aliphatic carboxylic acids is 4. The second-order valence-corrected chi connectivity index (χ2v) is 28.9. The standard InChI is InChI=1S/C70H104N14O18S.C2HF3O2/c1-41(2)58(65(96)77-48(28-30-57(88)89)66(97)84-37-14-22-55(84)70(101)102)80-64(95)54-21-13-36-83(54)68(99)50(40-43-23-25-44(85)26-24-43)78-60(91)46(18-8-10-33-72)75-62(93)52-19-12-35-82(52)69(100)51(39-42-15-5-4-6-16-42)79-63(94)53-20-11-34-81(53)67(98)49(31-38-103-3)76-61(92)47(27-29-56(86)87)74-59(90)45(73)17-7-9-32-71;3-2(4,5)1(6)7/h4-6,15-16,23-26,41,45-55,58,85H,7-14,17-22,27-40,71-73H2,1-3H3,(H,74,90)(H,75,93)(H,76,92)(H,77,96)(H,78,91)(H,79,94)(H,80,95)(H,86,87)(H,88,89)(H,101,102);(H,6,7)/t45-,46-,47-,48-,49-,50-,51-,52-,53-,54-,55-,58-;/m0./s1. The maximum absolute atomic E-state index is 15.2. The summed E-state index contributed by atoms with van der Waals surface area (Å²) in [6, 6.07) is -0.511. The number of aromatic hydroxyl groups is 1. The Morgan fingerprint density at radius 3 is 1.29 bits per heavy atom. The molecule has 0 spiro atoms. The Morgan fingerprint density at radius 1 is 0.473 bits per heavy atom. The Morgan fingerprint density at radius 2 is 0.845 bits per heavy atom. The number of hydrogen-bond donors (Lipinski definition) is 15. The van der Waals surface area contributed by atoms with Crippen LogP contribution in [0.25, 0.3) is 0 Å². The quantitative estimate of drug-likeness (QED) is 0.0389. The number of nitrogens with one attached hydrogen (secondary N) is 7. The van der Waals surface area contributed by atoms with E-state index in [1.165, 1.54) is 50.7 Å². The highest BCUT2D eigenvalue weighted by molar-refractivity contribution is 7.98. The summed E-state index contributed by atoms with van der Waals surface area (Å²) in [6.07, 6.45) is -1.01. The minimum atomic E-state index is -5.08. The van der Waals surface area contributed by atoms with Gasteiger partial charge in [-0.3, -0.25) is 62.3 Å². The number of phenols is 1. The summed E-state index contributed by atoms with van der Waals surface area (Å²) in [7, 11) is 0. The van der Waals surface area contributed by atoms with Gasteiger partial charge < -0.3 is 99.6 Å². The predicted molar refractivity (Wildman–Crippen MR) is 391 cm³/mol. The molecule has 12 atom stereocenters. The van der Waals surface area contributed by atoms with Crippen LogP contribution in [0.15, 0.2) is 54.6 Å². The molecule has 4 saturated heterocycles. The number of carboxylic acid groups (broad SMARTS) is 4. The van der Waals surface area contributed by atoms with Gasteiger partial charge in [0.25, 0.3) is 0 Å². The summed E-state index contributed by atoms with van der Waals surface area (Å²) in [5.41, 5.74) is 18.7. The molecule has 4 fully saturated rings. The number of likely N-dealkylation sites (tertiary alicyclic amines) is 4. The minimum Gasteiger partial charge on any atom is -0.508 e.